The SMILES string of the molecule is CC(C)(C)c1cccc2c1OC1C(N3c4cc(N(c5ccccc5)c5ccccc5)cc5c4B4c6c3cccc6C(c3ccccc3)(c3ccccc3)c3cccc(c34)N5c3cccc4c3oc3c(C(C)(C)C)cccc34)=CC=CC21. The molecule has 6 heteroatoms. The van der Waals surface area contributed by atoms with Gasteiger partial charge in [0.15, 0.2) is 5.58 Å². The van der Waals surface area contributed by atoms with Gasteiger partial charge in [0, 0.05) is 61.9 Å². The Hall–Kier alpha value is -9.26. The van der Waals surface area contributed by atoms with Crippen LogP contribution in [-0.2, 0) is 16.2 Å². The first kappa shape index (κ1) is 47.7. The number of ether oxygens (including phenoxy) is 1. The highest BCUT2D eigenvalue weighted by molar-refractivity contribution is 7.01. The zero-order valence-corrected chi connectivity index (χ0v) is 46.5. The summed E-state index contributed by atoms with van der Waals surface area (Å²) in [6.45, 7) is 13.6. The van der Waals surface area contributed by atoms with Gasteiger partial charge in [-0.2, -0.15) is 0 Å². The Labute approximate surface area is 474 Å². The molecule has 5 aliphatic rings. The third kappa shape index (κ3) is 6.74. The number of para-hydroxylation sites is 5. The van der Waals surface area contributed by atoms with E-state index in [-0.39, 0.29) is 29.6 Å². The van der Waals surface area contributed by atoms with Crippen LogP contribution in [0.1, 0.15) is 86.4 Å². The predicted octanol–water partition coefficient (Wildman–Crippen LogP) is 17.1. The number of fused-ring (bicyclic) bond motifs is 6. The highest BCUT2D eigenvalue weighted by Gasteiger charge is 2.56. The molecule has 2 unspecified atom stereocenters. The van der Waals surface area contributed by atoms with Gasteiger partial charge in [0.2, 0.25) is 0 Å². The topological polar surface area (TPSA) is 32.1 Å². The summed E-state index contributed by atoms with van der Waals surface area (Å²) in [6, 6.07) is 83.6. The quantitative estimate of drug-likeness (QED) is 0.149. The molecule has 0 saturated carbocycles. The standard InChI is InChI=1S/C75H60BN3O2/c1-73(2,3)58-39-19-33-52-54-35-21-43-62(71(54)80-69(52)58)78-60-41-23-37-56-66(60)76-67-57(75(56,47-25-11-7-12-26-47)48-27-13-8-14-28-48)38-24-42-61(67)79(63-44-22-36-55-53-34-20-40-59(74(4,5)6)70(53)81-72(55)63)65-46-51(45-64(78)68(65)76)77(49-29-15-9-16-30-49)50-31-17-10-18-32-50/h7-46,54,71H,1-6H3. The Morgan fingerprint density at radius 2 is 0.963 bits per heavy atom. The van der Waals surface area contributed by atoms with Crippen molar-refractivity contribution in [2.45, 2.75) is 69.8 Å². The molecule has 11 aromatic rings. The van der Waals surface area contributed by atoms with Crippen molar-refractivity contribution in [2.75, 3.05) is 14.7 Å². The van der Waals surface area contributed by atoms with Crippen molar-refractivity contribution in [3.05, 3.63) is 287 Å². The summed E-state index contributed by atoms with van der Waals surface area (Å²) in [6.07, 6.45) is 6.67. The van der Waals surface area contributed by atoms with Crippen molar-refractivity contribution < 1.29 is 9.15 Å². The summed E-state index contributed by atoms with van der Waals surface area (Å²) in [5.74, 6) is 1.01. The smallest absolute Gasteiger partial charge is 0.253 e. The maximum atomic E-state index is 7.56. The van der Waals surface area contributed by atoms with Crippen LogP contribution in [0.2, 0.25) is 0 Å². The average Bonchev–Trinajstić information content (AvgIpc) is 2.59. The Bertz CT molecular complexity index is 4360. The van der Waals surface area contributed by atoms with Crippen LogP contribution in [0, 0.1) is 0 Å². The van der Waals surface area contributed by atoms with E-state index in [1.165, 1.54) is 55.3 Å². The first-order chi connectivity index (χ1) is 39.5. The van der Waals surface area contributed by atoms with Crippen LogP contribution in [0.3, 0.4) is 0 Å². The summed E-state index contributed by atoms with van der Waals surface area (Å²) >= 11 is 0. The van der Waals surface area contributed by atoms with Crippen LogP contribution in [0.25, 0.3) is 21.9 Å². The van der Waals surface area contributed by atoms with E-state index in [9.17, 15) is 0 Å². The molecular weight excluding hydrogens is 986 g/mol. The molecule has 2 atom stereocenters. The highest BCUT2D eigenvalue weighted by atomic mass is 16.5. The zero-order valence-electron chi connectivity index (χ0n) is 46.5. The number of benzene rings is 10. The molecule has 16 rings (SSSR count). The van der Waals surface area contributed by atoms with E-state index in [0.29, 0.717) is 0 Å². The van der Waals surface area contributed by atoms with Crippen LogP contribution in [0.15, 0.2) is 253 Å². The monoisotopic (exact) mass is 1050 g/mol. The Morgan fingerprint density at radius 1 is 0.457 bits per heavy atom. The molecule has 0 radical (unpaired) electrons. The fraction of sp³-hybridized carbons (Fsp3) is 0.147. The molecule has 0 N–H and O–H groups in total. The first-order valence-electron chi connectivity index (χ1n) is 28.7. The molecular formula is C75H60BN3O2. The summed E-state index contributed by atoms with van der Waals surface area (Å²) in [4.78, 5) is 7.61. The maximum Gasteiger partial charge on any atom is 0.253 e. The van der Waals surface area contributed by atoms with Crippen LogP contribution in [-0.4, -0.2) is 12.8 Å². The lowest BCUT2D eigenvalue weighted by molar-refractivity contribution is 0.248. The van der Waals surface area contributed by atoms with Gasteiger partial charge in [0.1, 0.15) is 17.4 Å². The number of anilines is 8. The minimum absolute atomic E-state index is 0.00365. The van der Waals surface area contributed by atoms with Gasteiger partial charge in [-0.15, -0.1) is 0 Å². The number of hydrogen-bond acceptors (Lipinski definition) is 5. The van der Waals surface area contributed by atoms with Crippen molar-refractivity contribution in [3.8, 4) is 5.75 Å². The lowest BCUT2D eigenvalue weighted by atomic mass is 9.28. The Balaban J connectivity index is 1.07. The van der Waals surface area contributed by atoms with E-state index in [1.807, 2.05) is 0 Å². The van der Waals surface area contributed by atoms with Gasteiger partial charge in [-0.3, -0.25) is 0 Å². The second-order valence-corrected chi connectivity index (χ2v) is 24.7. The highest BCUT2D eigenvalue weighted by Crippen LogP contribution is 2.57. The summed E-state index contributed by atoms with van der Waals surface area (Å²) in [5, 5.41) is 2.21. The van der Waals surface area contributed by atoms with Gasteiger partial charge in [0.05, 0.1) is 22.5 Å². The van der Waals surface area contributed by atoms with E-state index in [4.69, 9.17) is 9.15 Å². The average molecular weight is 1050 g/mol. The van der Waals surface area contributed by atoms with Gasteiger partial charge in [-0.05, 0) is 116 Å². The minimum Gasteiger partial charge on any atom is -0.483 e. The summed E-state index contributed by atoms with van der Waals surface area (Å²) in [5.41, 5.74) is 23.1. The van der Waals surface area contributed by atoms with E-state index in [1.54, 1.807) is 0 Å². The fourth-order valence-corrected chi connectivity index (χ4v) is 14.8. The molecule has 5 nitrogen and oxygen atoms in total. The number of nitrogens with zero attached hydrogens (tertiary/aromatic N) is 3. The van der Waals surface area contributed by atoms with Gasteiger partial charge in [-0.25, -0.2) is 0 Å². The van der Waals surface area contributed by atoms with Crippen molar-refractivity contribution in [1.29, 1.82) is 0 Å². The van der Waals surface area contributed by atoms with Crippen molar-refractivity contribution in [3.63, 3.8) is 0 Å². The molecule has 81 heavy (non-hydrogen) atoms. The van der Waals surface area contributed by atoms with E-state index < -0.39 is 5.41 Å². The molecule has 5 heterocycles. The van der Waals surface area contributed by atoms with Gasteiger partial charge in [-0.1, -0.05) is 224 Å². The van der Waals surface area contributed by atoms with Crippen LogP contribution in [0.5, 0.6) is 5.75 Å². The first-order valence-corrected chi connectivity index (χ1v) is 28.7. The summed E-state index contributed by atoms with van der Waals surface area (Å²) in [7, 11) is 0. The second-order valence-electron chi connectivity index (χ2n) is 24.7. The van der Waals surface area contributed by atoms with Gasteiger partial charge >= 0.3 is 0 Å². The Kier molecular flexibility index (Phi) is 10.2. The van der Waals surface area contributed by atoms with Gasteiger partial charge in [0.25, 0.3) is 6.71 Å². The van der Waals surface area contributed by atoms with E-state index in [0.717, 1.165) is 78.9 Å². The van der Waals surface area contributed by atoms with Crippen LogP contribution in [0.4, 0.5) is 45.5 Å². The second kappa shape index (κ2) is 17.4. The lowest BCUT2D eigenvalue weighted by Crippen LogP contribution is -2.68. The van der Waals surface area contributed by atoms with Crippen molar-refractivity contribution >= 4 is 90.5 Å². The fourth-order valence-electron chi connectivity index (χ4n) is 14.8. The van der Waals surface area contributed by atoms with Crippen molar-refractivity contribution in [1.82, 2.24) is 0 Å². The van der Waals surface area contributed by atoms with Crippen molar-refractivity contribution in [2.24, 2.45) is 0 Å². The molecule has 1 aliphatic carbocycles. The molecule has 1 aromatic heterocycles. The normalized spacial score (nSPS) is 16.9. The lowest BCUT2D eigenvalue weighted by Gasteiger charge is -2.53. The number of furan rings is 1. The number of hydrogen-bond donors (Lipinski definition) is 0. The largest absolute Gasteiger partial charge is 0.483 e. The Morgan fingerprint density at radius 3 is 1.57 bits per heavy atom. The maximum absolute atomic E-state index is 7.56. The molecule has 0 bridgehead atoms. The zero-order chi connectivity index (χ0) is 54.5. The predicted molar refractivity (Wildman–Crippen MR) is 336 cm³/mol. The third-order valence-electron chi connectivity index (χ3n) is 18.1. The molecule has 4 aliphatic heterocycles. The van der Waals surface area contributed by atoms with E-state index >= 15 is 0 Å². The van der Waals surface area contributed by atoms with Gasteiger partial charge < -0.3 is 23.9 Å². The van der Waals surface area contributed by atoms with E-state index in [2.05, 4.69) is 299 Å². The molecule has 390 valence electrons. The molecule has 0 spiro atoms. The number of allylic oxidation sites excluding steroid dienone is 2. The minimum atomic E-state index is -0.711. The molecule has 0 fully saturated rings. The van der Waals surface area contributed by atoms with Crippen LogP contribution >= 0.6 is 0 Å². The van der Waals surface area contributed by atoms with Crippen LogP contribution < -0.4 is 35.8 Å². The number of rotatable bonds is 7. The molecule has 10 aromatic carbocycles. The third-order valence-corrected chi connectivity index (χ3v) is 18.1. The summed E-state index contributed by atoms with van der Waals surface area (Å²) < 4.78 is 15.0. The molecule has 0 saturated heterocycles. The molecule has 0 amide bonds.